The molecule has 0 fully saturated rings. The Balaban J connectivity index is 2.46. The monoisotopic (exact) mass is 239 g/mol. The van der Waals surface area contributed by atoms with E-state index in [-0.39, 0.29) is 0 Å². The molecule has 0 atom stereocenters. The molecule has 0 amide bonds. The maximum absolute atomic E-state index is 4.98. The van der Waals surface area contributed by atoms with E-state index in [1.165, 1.54) is 20.9 Å². The van der Waals surface area contributed by atoms with E-state index < -0.39 is 0 Å². The topological polar surface area (TPSA) is 21.3 Å². The summed E-state index contributed by atoms with van der Waals surface area (Å²) in [5, 5.41) is 3.34. The van der Waals surface area contributed by atoms with Crippen molar-refractivity contribution in [3.63, 3.8) is 0 Å². The molecule has 0 aromatic carbocycles. The van der Waals surface area contributed by atoms with Crippen molar-refractivity contribution < 1.29 is 4.74 Å². The van der Waals surface area contributed by atoms with Gasteiger partial charge >= 0.3 is 0 Å². The molecule has 1 heterocycles. The van der Waals surface area contributed by atoms with Crippen molar-refractivity contribution >= 4 is 17.4 Å². The van der Waals surface area contributed by atoms with Gasteiger partial charge in [-0.2, -0.15) is 0 Å². The highest BCUT2D eigenvalue weighted by atomic mass is 32.1. The Kier molecular flexibility index (Phi) is 5.74. The molecule has 0 saturated heterocycles. The van der Waals surface area contributed by atoms with Crippen LogP contribution in [-0.2, 0) is 4.74 Å². The van der Waals surface area contributed by atoms with Gasteiger partial charge in [0.1, 0.15) is 0 Å². The third-order valence-electron chi connectivity index (χ3n) is 2.37. The van der Waals surface area contributed by atoms with Crippen LogP contribution in [0.25, 0.3) is 6.08 Å². The Morgan fingerprint density at radius 3 is 2.81 bits per heavy atom. The van der Waals surface area contributed by atoms with E-state index in [4.69, 9.17) is 4.74 Å². The lowest BCUT2D eigenvalue weighted by molar-refractivity contribution is 0.200. The van der Waals surface area contributed by atoms with Crippen LogP contribution < -0.4 is 5.32 Å². The molecule has 16 heavy (non-hydrogen) atoms. The van der Waals surface area contributed by atoms with E-state index in [2.05, 4.69) is 38.2 Å². The van der Waals surface area contributed by atoms with Crippen LogP contribution in [0.4, 0.5) is 0 Å². The lowest BCUT2D eigenvalue weighted by Gasteiger charge is -2.04. The summed E-state index contributed by atoms with van der Waals surface area (Å²) in [5.74, 6) is 0. The molecule has 3 heteroatoms. The fourth-order valence-corrected chi connectivity index (χ4v) is 2.47. The molecule has 1 aromatic heterocycles. The normalized spacial score (nSPS) is 12.1. The van der Waals surface area contributed by atoms with Gasteiger partial charge in [-0.05, 0) is 32.4 Å². The molecule has 1 N–H and O–H groups in total. The second kappa shape index (κ2) is 6.84. The maximum atomic E-state index is 4.98. The summed E-state index contributed by atoms with van der Waals surface area (Å²) in [6.07, 6.45) is 2.26. The van der Waals surface area contributed by atoms with E-state index in [1.54, 1.807) is 7.11 Å². The zero-order valence-corrected chi connectivity index (χ0v) is 11.4. The highest BCUT2D eigenvalue weighted by Gasteiger charge is 2.00. The highest BCUT2D eigenvalue weighted by Crippen LogP contribution is 2.22. The minimum absolute atomic E-state index is 0.768. The molecule has 0 aliphatic rings. The van der Waals surface area contributed by atoms with Crippen molar-refractivity contribution in [1.82, 2.24) is 5.32 Å². The van der Waals surface area contributed by atoms with Crippen LogP contribution in [0.1, 0.15) is 22.2 Å². The van der Waals surface area contributed by atoms with Crippen LogP contribution in [-0.4, -0.2) is 26.8 Å². The third kappa shape index (κ3) is 4.47. The van der Waals surface area contributed by atoms with Crippen molar-refractivity contribution in [2.75, 3.05) is 26.8 Å². The lowest BCUT2D eigenvalue weighted by Crippen LogP contribution is -2.20. The number of ether oxygens (including phenoxy) is 1. The van der Waals surface area contributed by atoms with Gasteiger partial charge in [-0.1, -0.05) is 11.6 Å². The molecule has 1 rings (SSSR count). The smallest absolute Gasteiger partial charge is 0.0587 e. The standard InChI is InChI=1S/C13H21NOS/c1-10(9-14-5-6-15-4)7-13-8-11(2)16-12(13)3/h7-8,14H,5-6,9H2,1-4H3. The number of rotatable bonds is 6. The second-order valence-electron chi connectivity index (χ2n) is 4.03. The first-order valence-corrected chi connectivity index (χ1v) is 6.39. The molecule has 0 radical (unpaired) electrons. The average Bonchev–Trinajstić information content (AvgIpc) is 2.52. The molecule has 0 spiro atoms. The van der Waals surface area contributed by atoms with Gasteiger partial charge in [-0.15, -0.1) is 11.3 Å². The average molecular weight is 239 g/mol. The number of methoxy groups -OCH3 is 1. The van der Waals surface area contributed by atoms with E-state index in [0.717, 1.165) is 19.7 Å². The van der Waals surface area contributed by atoms with E-state index in [1.807, 2.05) is 11.3 Å². The molecule has 1 aromatic rings. The SMILES string of the molecule is COCCNCC(C)=Cc1cc(C)sc1C. The Morgan fingerprint density at radius 2 is 2.25 bits per heavy atom. The van der Waals surface area contributed by atoms with Crippen molar-refractivity contribution in [1.29, 1.82) is 0 Å². The third-order valence-corrected chi connectivity index (χ3v) is 3.35. The van der Waals surface area contributed by atoms with Gasteiger partial charge in [0.25, 0.3) is 0 Å². The van der Waals surface area contributed by atoms with Crippen LogP contribution >= 0.6 is 11.3 Å². The lowest BCUT2D eigenvalue weighted by atomic mass is 10.1. The molecular weight excluding hydrogens is 218 g/mol. The van der Waals surface area contributed by atoms with Gasteiger partial charge in [0, 0.05) is 30.0 Å². The summed E-state index contributed by atoms with van der Waals surface area (Å²) in [4.78, 5) is 2.78. The summed E-state index contributed by atoms with van der Waals surface area (Å²) < 4.78 is 4.98. The molecule has 0 aliphatic heterocycles. The Bertz CT molecular complexity index is 355. The first kappa shape index (κ1) is 13.4. The quantitative estimate of drug-likeness (QED) is 0.771. The summed E-state index contributed by atoms with van der Waals surface area (Å²) in [5.41, 5.74) is 2.71. The highest BCUT2D eigenvalue weighted by molar-refractivity contribution is 7.12. The summed E-state index contributed by atoms with van der Waals surface area (Å²) in [7, 11) is 1.72. The van der Waals surface area contributed by atoms with Gasteiger partial charge in [0.15, 0.2) is 0 Å². The number of aryl methyl sites for hydroxylation is 2. The van der Waals surface area contributed by atoms with Gasteiger partial charge < -0.3 is 10.1 Å². The minimum atomic E-state index is 0.768. The van der Waals surface area contributed by atoms with Gasteiger partial charge in [-0.3, -0.25) is 0 Å². The number of nitrogens with one attached hydrogen (secondary N) is 1. The second-order valence-corrected chi connectivity index (χ2v) is 5.49. The number of hydrogen-bond donors (Lipinski definition) is 1. The van der Waals surface area contributed by atoms with Crippen LogP contribution in [0.15, 0.2) is 11.6 Å². The number of hydrogen-bond acceptors (Lipinski definition) is 3. The summed E-state index contributed by atoms with van der Waals surface area (Å²) in [6, 6.07) is 2.25. The van der Waals surface area contributed by atoms with Crippen LogP contribution in [0.2, 0.25) is 0 Å². The zero-order valence-electron chi connectivity index (χ0n) is 10.6. The summed E-state index contributed by atoms with van der Waals surface area (Å²) in [6.45, 7) is 9.09. The van der Waals surface area contributed by atoms with Crippen LogP contribution in [0.3, 0.4) is 0 Å². The molecule has 0 saturated carbocycles. The predicted octanol–water partition coefficient (Wildman–Crippen LogP) is 3.00. The molecule has 0 aliphatic carbocycles. The molecule has 90 valence electrons. The first-order chi connectivity index (χ1) is 7.63. The van der Waals surface area contributed by atoms with Crippen molar-refractivity contribution in [2.24, 2.45) is 0 Å². The zero-order chi connectivity index (χ0) is 12.0. The Morgan fingerprint density at radius 1 is 1.50 bits per heavy atom. The van der Waals surface area contributed by atoms with E-state index in [0.29, 0.717) is 0 Å². The first-order valence-electron chi connectivity index (χ1n) is 5.57. The van der Waals surface area contributed by atoms with Crippen LogP contribution in [0.5, 0.6) is 0 Å². The fourth-order valence-electron chi connectivity index (χ4n) is 1.57. The largest absolute Gasteiger partial charge is 0.383 e. The number of thiophene rings is 1. The maximum Gasteiger partial charge on any atom is 0.0587 e. The van der Waals surface area contributed by atoms with Crippen LogP contribution in [0, 0.1) is 13.8 Å². The minimum Gasteiger partial charge on any atom is -0.383 e. The molecule has 2 nitrogen and oxygen atoms in total. The molecule has 0 unspecified atom stereocenters. The van der Waals surface area contributed by atoms with Crippen molar-refractivity contribution in [3.8, 4) is 0 Å². The van der Waals surface area contributed by atoms with Crippen molar-refractivity contribution in [3.05, 3.63) is 27.0 Å². The Labute approximate surface area is 102 Å². The summed E-state index contributed by atoms with van der Waals surface area (Å²) >= 11 is 1.86. The Hall–Kier alpha value is -0.640. The fraction of sp³-hybridized carbons (Fsp3) is 0.538. The van der Waals surface area contributed by atoms with Crippen molar-refractivity contribution in [2.45, 2.75) is 20.8 Å². The van der Waals surface area contributed by atoms with Gasteiger partial charge in [0.2, 0.25) is 0 Å². The predicted molar refractivity (Wildman–Crippen MR) is 72.2 cm³/mol. The molecular formula is C13H21NOS. The van der Waals surface area contributed by atoms with E-state index in [9.17, 15) is 0 Å². The van der Waals surface area contributed by atoms with Gasteiger partial charge in [0.05, 0.1) is 6.61 Å². The van der Waals surface area contributed by atoms with E-state index >= 15 is 0 Å². The van der Waals surface area contributed by atoms with Gasteiger partial charge in [-0.25, -0.2) is 0 Å². The molecule has 0 bridgehead atoms.